The zero-order valence-electron chi connectivity index (χ0n) is 5.66. The summed E-state index contributed by atoms with van der Waals surface area (Å²) in [4.78, 5) is 4.04. The number of rotatable bonds is 3. The highest BCUT2D eigenvalue weighted by atomic mass is 16.5. The van der Waals surface area contributed by atoms with Crippen molar-refractivity contribution in [2.24, 2.45) is 5.73 Å². The van der Waals surface area contributed by atoms with Gasteiger partial charge in [-0.1, -0.05) is 6.07 Å². The normalized spacial score (nSPS) is 9.70. The fourth-order valence-corrected chi connectivity index (χ4v) is 0.647. The maximum absolute atomic E-state index is 5.13. The number of hydrogen-bond acceptors (Lipinski definition) is 3. The second kappa shape index (κ2) is 3.98. The van der Waals surface area contributed by atoms with Crippen molar-refractivity contribution in [3.8, 4) is 0 Å². The van der Waals surface area contributed by atoms with Crippen LogP contribution in [0.25, 0.3) is 0 Å². The van der Waals surface area contributed by atoms with E-state index in [0.29, 0.717) is 6.61 Å². The molecule has 2 N–H and O–H groups in total. The molecule has 0 aliphatic heterocycles. The molecule has 54 valence electrons. The summed E-state index contributed by atoms with van der Waals surface area (Å²) in [5.41, 5.74) is 6.04. The third-order valence-corrected chi connectivity index (χ3v) is 1.09. The fraction of sp³-hybridized carbons (Fsp3) is 0.286. The minimum absolute atomic E-state index is 0.247. The Hall–Kier alpha value is -0.930. The highest BCUT2D eigenvalue weighted by Gasteiger charge is 1.88. The van der Waals surface area contributed by atoms with Crippen molar-refractivity contribution < 1.29 is 4.74 Å². The predicted octanol–water partition coefficient (Wildman–Crippen LogP) is 0.514. The lowest BCUT2D eigenvalue weighted by atomic mass is 10.4. The molecule has 0 unspecified atom stereocenters. The molecule has 0 atom stereocenters. The fourth-order valence-electron chi connectivity index (χ4n) is 0.647. The van der Waals surface area contributed by atoms with Gasteiger partial charge < -0.3 is 10.5 Å². The van der Waals surface area contributed by atoms with Crippen LogP contribution in [0.1, 0.15) is 5.69 Å². The summed E-state index contributed by atoms with van der Waals surface area (Å²) in [6.45, 7) is 0.744. The molecule has 0 radical (unpaired) electrons. The Morgan fingerprint density at radius 3 is 3.00 bits per heavy atom. The quantitative estimate of drug-likeness (QED) is 0.619. The predicted molar refractivity (Wildman–Crippen MR) is 38.1 cm³/mol. The van der Waals surface area contributed by atoms with Crippen LogP contribution in [0, 0.1) is 0 Å². The van der Waals surface area contributed by atoms with Gasteiger partial charge in [0.1, 0.15) is 0 Å². The van der Waals surface area contributed by atoms with Gasteiger partial charge >= 0.3 is 0 Å². The van der Waals surface area contributed by atoms with Gasteiger partial charge in [0.25, 0.3) is 0 Å². The first-order valence-electron chi connectivity index (χ1n) is 3.11. The van der Waals surface area contributed by atoms with E-state index in [1.54, 1.807) is 6.20 Å². The number of nitrogens with two attached hydrogens (primary N) is 1. The van der Waals surface area contributed by atoms with E-state index in [4.69, 9.17) is 10.5 Å². The molecule has 0 aromatic carbocycles. The van der Waals surface area contributed by atoms with Crippen LogP contribution in [0.3, 0.4) is 0 Å². The van der Waals surface area contributed by atoms with Crippen LogP contribution < -0.4 is 5.73 Å². The molecular weight excluding hydrogens is 128 g/mol. The van der Waals surface area contributed by atoms with Crippen molar-refractivity contribution in [3.05, 3.63) is 30.1 Å². The second-order valence-corrected chi connectivity index (χ2v) is 1.84. The third-order valence-electron chi connectivity index (χ3n) is 1.09. The molecule has 0 aliphatic rings. The zero-order chi connectivity index (χ0) is 7.23. The first-order chi connectivity index (χ1) is 4.93. The second-order valence-electron chi connectivity index (χ2n) is 1.84. The molecule has 0 amide bonds. The van der Waals surface area contributed by atoms with Gasteiger partial charge in [0.05, 0.1) is 19.0 Å². The van der Waals surface area contributed by atoms with E-state index in [0.717, 1.165) is 5.69 Å². The van der Waals surface area contributed by atoms with Crippen LogP contribution in [-0.4, -0.2) is 11.7 Å². The topological polar surface area (TPSA) is 48.1 Å². The number of ether oxygens (including phenoxy) is 1. The first kappa shape index (κ1) is 7.18. The summed E-state index contributed by atoms with van der Waals surface area (Å²) in [6, 6.07) is 5.68. The number of pyridine rings is 1. The van der Waals surface area contributed by atoms with Crippen molar-refractivity contribution in [2.45, 2.75) is 6.61 Å². The Labute approximate surface area is 59.8 Å². The summed E-state index contributed by atoms with van der Waals surface area (Å²) in [5, 5.41) is 0. The van der Waals surface area contributed by atoms with E-state index < -0.39 is 0 Å². The molecule has 0 saturated carbocycles. The van der Waals surface area contributed by atoms with E-state index in [1.807, 2.05) is 18.2 Å². The average Bonchev–Trinajstić information content (AvgIpc) is 2.03. The lowest BCUT2D eigenvalue weighted by molar-refractivity contribution is 0.125. The van der Waals surface area contributed by atoms with Gasteiger partial charge in [0.15, 0.2) is 0 Å². The molecule has 0 bridgehead atoms. The molecule has 1 heterocycles. The van der Waals surface area contributed by atoms with Crippen LogP contribution in [-0.2, 0) is 11.3 Å². The Kier molecular flexibility index (Phi) is 2.86. The Morgan fingerprint density at radius 2 is 2.40 bits per heavy atom. The molecule has 0 aliphatic carbocycles. The van der Waals surface area contributed by atoms with Gasteiger partial charge in [0.2, 0.25) is 0 Å². The van der Waals surface area contributed by atoms with Gasteiger partial charge in [-0.05, 0) is 12.1 Å². The molecule has 3 nitrogen and oxygen atoms in total. The van der Waals surface area contributed by atoms with E-state index >= 15 is 0 Å². The zero-order valence-corrected chi connectivity index (χ0v) is 5.66. The molecule has 0 saturated heterocycles. The van der Waals surface area contributed by atoms with Crippen LogP contribution in [0.15, 0.2) is 24.4 Å². The summed E-state index contributed by atoms with van der Waals surface area (Å²) in [5.74, 6) is 0. The van der Waals surface area contributed by atoms with Crippen molar-refractivity contribution in [2.75, 3.05) is 6.73 Å². The van der Waals surface area contributed by atoms with Gasteiger partial charge in [-0.15, -0.1) is 0 Å². The first-order valence-corrected chi connectivity index (χ1v) is 3.11. The van der Waals surface area contributed by atoms with Crippen LogP contribution >= 0.6 is 0 Å². The molecule has 10 heavy (non-hydrogen) atoms. The summed E-state index contributed by atoms with van der Waals surface area (Å²) in [7, 11) is 0. The minimum Gasteiger partial charge on any atom is -0.360 e. The number of nitrogens with zero attached hydrogens (tertiary/aromatic N) is 1. The molecule has 0 fully saturated rings. The molecule has 1 aromatic rings. The molecule has 0 spiro atoms. The number of hydrogen-bond donors (Lipinski definition) is 1. The highest BCUT2D eigenvalue weighted by molar-refractivity contribution is 5.01. The molecule has 1 rings (SSSR count). The van der Waals surface area contributed by atoms with Crippen molar-refractivity contribution in [1.29, 1.82) is 0 Å². The Morgan fingerprint density at radius 1 is 1.50 bits per heavy atom. The lowest BCUT2D eigenvalue weighted by Gasteiger charge is -1.97. The van der Waals surface area contributed by atoms with Crippen molar-refractivity contribution in [1.82, 2.24) is 4.98 Å². The third kappa shape index (κ3) is 2.13. The van der Waals surface area contributed by atoms with Crippen LogP contribution in [0.5, 0.6) is 0 Å². The maximum Gasteiger partial charge on any atom is 0.0945 e. The summed E-state index contributed by atoms with van der Waals surface area (Å²) < 4.78 is 4.93. The standard InChI is InChI=1S/C7H10N2O/c8-6-10-5-7-3-1-2-4-9-7/h1-4H,5-6,8H2. The lowest BCUT2D eigenvalue weighted by Crippen LogP contribution is -2.04. The molecule has 3 heteroatoms. The van der Waals surface area contributed by atoms with Crippen LogP contribution in [0.2, 0.25) is 0 Å². The van der Waals surface area contributed by atoms with Gasteiger partial charge in [-0.25, -0.2) is 0 Å². The van der Waals surface area contributed by atoms with Gasteiger partial charge in [-0.3, -0.25) is 4.98 Å². The molecular formula is C7H10N2O. The van der Waals surface area contributed by atoms with E-state index in [2.05, 4.69) is 4.98 Å². The number of aromatic nitrogens is 1. The summed E-state index contributed by atoms with van der Waals surface area (Å²) in [6.07, 6.45) is 1.73. The van der Waals surface area contributed by atoms with Crippen molar-refractivity contribution >= 4 is 0 Å². The highest BCUT2D eigenvalue weighted by Crippen LogP contribution is 1.93. The van der Waals surface area contributed by atoms with Crippen molar-refractivity contribution in [3.63, 3.8) is 0 Å². The maximum atomic E-state index is 5.13. The average molecular weight is 138 g/mol. The SMILES string of the molecule is NCOCc1ccccn1. The van der Waals surface area contributed by atoms with E-state index in [9.17, 15) is 0 Å². The van der Waals surface area contributed by atoms with Crippen LogP contribution in [0.4, 0.5) is 0 Å². The van der Waals surface area contributed by atoms with Gasteiger partial charge in [-0.2, -0.15) is 0 Å². The Balaban J connectivity index is 2.43. The Bertz CT molecular complexity index is 176. The molecule has 1 aromatic heterocycles. The largest absolute Gasteiger partial charge is 0.360 e. The van der Waals surface area contributed by atoms with Gasteiger partial charge in [0, 0.05) is 6.20 Å². The smallest absolute Gasteiger partial charge is 0.0945 e. The van der Waals surface area contributed by atoms with E-state index in [-0.39, 0.29) is 6.73 Å². The minimum atomic E-state index is 0.247. The summed E-state index contributed by atoms with van der Waals surface area (Å²) >= 11 is 0. The monoisotopic (exact) mass is 138 g/mol. The van der Waals surface area contributed by atoms with E-state index in [1.165, 1.54) is 0 Å².